The highest BCUT2D eigenvalue weighted by atomic mass is 35.5. The van der Waals surface area contributed by atoms with Crippen LogP contribution >= 0.6 is 11.6 Å². The largest absolute Gasteiger partial charge is 0.329 e. The highest BCUT2D eigenvalue weighted by Gasteiger charge is 2.07. The van der Waals surface area contributed by atoms with Crippen LogP contribution in [-0.2, 0) is 4.79 Å². The third-order valence-corrected chi connectivity index (χ3v) is 2.40. The van der Waals surface area contributed by atoms with Crippen molar-refractivity contribution in [3.8, 4) is 0 Å². The fraction of sp³-hybridized carbons (Fsp3) is 0.364. The first-order valence-corrected chi connectivity index (χ1v) is 5.44. The van der Waals surface area contributed by atoms with E-state index in [2.05, 4.69) is 5.32 Å². The van der Waals surface area contributed by atoms with Gasteiger partial charge in [0.1, 0.15) is 0 Å². The van der Waals surface area contributed by atoms with Crippen LogP contribution in [-0.4, -0.2) is 37.5 Å². The Kier molecular flexibility index (Phi) is 5.25. The Labute approximate surface area is 100 Å². The number of amides is 1. The maximum Gasteiger partial charge on any atom is 0.238 e. The smallest absolute Gasteiger partial charge is 0.238 e. The normalized spacial score (nSPS) is 10.5. The molecule has 0 saturated heterocycles. The summed E-state index contributed by atoms with van der Waals surface area (Å²) in [5.41, 5.74) is 6.02. The SMILES string of the molecule is CN(CCN)CC(=O)Nc1ccccc1Cl. The fourth-order valence-corrected chi connectivity index (χ4v) is 1.48. The van der Waals surface area contributed by atoms with Gasteiger partial charge in [-0.25, -0.2) is 0 Å². The van der Waals surface area contributed by atoms with Crippen LogP contribution < -0.4 is 11.1 Å². The zero-order valence-electron chi connectivity index (χ0n) is 9.24. The summed E-state index contributed by atoms with van der Waals surface area (Å²) in [5, 5.41) is 3.29. The van der Waals surface area contributed by atoms with Crippen molar-refractivity contribution in [2.75, 3.05) is 32.0 Å². The fourth-order valence-electron chi connectivity index (χ4n) is 1.30. The molecule has 0 aliphatic heterocycles. The van der Waals surface area contributed by atoms with Crippen LogP contribution in [0.15, 0.2) is 24.3 Å². The van der Waals surface area contributed by atoms with Gasteiger partial charge < -0.3 is 11.1 Å². The van der Waals surface area contributed by atoms with Gasteiger partial charge in [-0.05, 0) is 19.2 Å². The Hall–Kier alpha value is -1.10. The first-order valence-electron chi connectivity index (χ1n) is 5.06. The molecule has 3 N–H and O–H groups in total. The molecule has 0 aliphatic rings. The first kappa shape index (κ1) is 13.0. The minimum atomic E-state index is -0.0935. The number of carbonyl (C=O) groups is 1. The Bertz CT molecular complexity index is 357. The summed E-state index contributed by atoms with van der Waals surface area (Å²) < 4.78 is 0. The molecule has 0 atom stereocenters. The lowest BCUT2D eigenvalue weighted by Gasteiger charge is -2.15. The molecule has 16 heavy (non-hydrogen) atoms. The lowest BCUT2D eigenvalue weighted by atomic mass is 10.3. The average Bonchev–Trinajstić information content (AvgIpc) is 2.21. The lowest BCUT2D eigenvalue weighted by molar-refractivity contribution is -0.117. The first-order chi connectivity index (χ1) is 7.63. The predicted octanol–water partition coefficient (Wildman–Crippen LogP) is 1.17. The van der Waals surface area contributed by atoms with Crippen LogP contribution in [0.1, 0.15) is 0 Å². The minimum absolute atomic E-state index is 0.0935. The van der Waals surface area contributed by atoms with Crippen LogP contribution in [0.4, 0.5) is 5.69 Å². The maximum atomic E-state index is 11.6. The number of hydrogen-bond donors (Lipinski definition) is 2. The van der Waals surface area contributed by atoms with Gasteiger partial charge in [0.05, 0.1) is 17.3 Å². The summed E-state index contributed by atoms with van der Waals surface area (Å²) in [7, 11) is 1.85. The molecule has 88 valence electrons. The highest BCUT2D eigenvalue weighted by Crippen LogP contribution is 2.20. The molecule has 0 bridgehead atoms. The number of nitrogens with zero attached hydrogens (tertiary/aromatic N) is 1. The molecule has 1 aromatic carbocycles. The predicted molar refractivity (Wildman–Crippen MR) is 66.6 cm³/mol. The molecular weight excluding hydrogens is 226 g/mol. The zero-order chi connectivity index (χ0) is 12.0. The maximum absolute atomic E-state index is 11.6. The van der Waals surface area contributed by atoms with Gasteiger partial charge in [0.15, 0.2) is 0 Å². The van der Waals surface area contributed by atoms with Crippen LogP contribution in [0.3, 0.4) is 0 Å². The number of nitrogens with one attached hydrogen (secondary N) is 1. The standard InChI is InChI=1S/C11H16ClN3O/c1-15(7-6-13)8-11(16)14-10-5-3-2-4-9(10)12/h2-5H,6-8,13H2,1H3,(H,14,16). The van der Waals surface area contributed by atoms with Gasteiger partial charge in [-0.2, -0.15) is 0 Å². The van der Waals surface area contributed by atoms with Crippen LogP contribution in [0, 0.1) is 0 Å². The number of hydrogen-bond acceptors (Lipinski definition) is 3. The van der Waals surface area contributed by atoms with Crippen molar-refractivity contribution in [1.29, 1.82) is 0 Å². The number of para-hydroxylation sites is 1. The highest BCUT2D eigenvalue weighted by molar-refractivity contribution is 6.33. The molecule has 0 spiro atoms. The zero-order valence-corrected chi connectivity index (χ0v) is 10.00. The second-order valence-electron chi connectivity index (χ2n) is 3.55. The molecule has 4 nitrogen and oxygen atoms in total. The Morgan fingerprint density at radius 3 is 2.81 bits per heavy atom. The number of rotatable bonds is 5. The molecule has 1 aromatic rings. The molecule has 0 aliphatic carbocycles. The molecule has 0 fully saturated rings. The van der Waals surface area contributed by atoms with Crippen molar-refractivity contribution >= 4 is 23.2 Å². The Morgan fingerprint density at radius 1 is 1.50 bits per heavy atom. The van der Waals surface area contributed by atoms with Crippen molar-refractivity contribution in [3.63, 3.8) is 0 Å². The van der Waals surface area contributed by atoms with Crippen molar-refractivity contribution in [2.45, 2.75) is 0 Å². The van der Waals surface area contributed by atoms with E-state index in [1.807, 2.05) is 24.1 Å². The number of anilines is 1. The summed E-state index contributed by atoms with van der Waals surface area (Å²) in [6, 6.07) is 7.15. The van der Waals surface area contributed by atoms with E-state index in [0.717, 1.165) is 0 Å². The summed E-state index contributed by atoms with van der Waals surface area (Å²) in [6.45, 7) is 1.54. The van der Waals surface area contributed by atoms with Crippen molar-refractivity contribution in [2.24, 2.45) is 5.73 Å². The van der Waals surface area contributed by atoms with E-state index >= 15 is 0 Å². The number of carbonyl (C=O) groups excluding carboxylic acids is 1. The summed E-state index contributed by atoms with van der Waals surface area (Å²) in [6.07, 6.45) is 0. The van der Waals surface area contributed by atoms with Crippen LogP contribution in [0.25, 0.3) is 0 Å². The molecular formula is C11H16ClN3O. The number of nitrogens with two attached hydrogens (primary N) is 1. The molecule has 0 unspecified atom stereocenters. The average molecular weight is 242 g/mol. The van der Waals surface area contributed by atoms with Gasteiger partial charge in [0.25, 0.3) is 0 Å². The van der Waals surface area contributed by atoms with E-state index in [9.17, 15) is 4.79 Å². The number of halogens is 1. The van der Waals surface area contributed by atoms with Crippen LogP contribution in [0.5, 0.6) is 0 Å². The molecule has 0 heterocycles. The van der Waals surface area contributed by atoms with E-state index in [1.54, 1.807) is 12.1 Å². The van der Waals surface area contributed by atoms with E-state index in [0.29, 0.717) is 30.3 Å². The summed E-state index contributed by atoms with van der Waals surface area (Å²) in [5.74, 6) is -0.0935. The second kappa shape index (κ2) is 6.48. The van der Waals surface area contributed by atoms with E-state index in [-0.39, 0.29) is 5.91 Å². The topological polar surface area (TPSA) is 58.4 Å². The van der Waals surface area contributed by atoms with Gasteiger partial charge in [-0.3, -0.25) is 9.69 Å². The summed E-state index contributed by atoms with van der Waals surface area (Å²) in [4.78, 5) is 13.5. The molecule has 5 heteroatoms. The minimum Gasteiger partial charge on any atom is -0.329 e. The quantitative estimate of drug-likeness (QED) is 0.814. The van der Waals surface area contributed by atoms with E-state index in [4.69, 9.17) is 17.3 Å². The van der Waals surface area contributed by atoms with Gasteiger partial charge in [-0.15, -0.1) is 0 Å². The molecule has 0 aromatic heterocycles. The van der Waals surface area contributed by atoms with E-state index < -0.39 is 0 Å². The molecule has 1 rings (SSSR count). The number of likely N-dealkylation sites (N-methyl/N-ethyl adjacent to an activating group) is 1. The van der Waals surface area contributed by atoms with Gasteiger partial charge >= 0.3 is 0 Å². The monoisotopic (exact) mass is 241 g/mol. The van der Waals surface area contributed by atoms with Gasteiger partial charge in [0, 0.05) is 13.1 Å². The van der Waals surface area contributed by atoms with Gasteiger partial charge in [-0.1, -0.05) is 23.7 Å². The third kappa shape index (κ3) is 4.18. The van der Waals surface area contributed by atoms with Crippen LogP contribution in [0.2, 0.25) is 5.02 Å². The van der Waals surface area contributed by atoms with Crippen molar-refractivity contribution in [1.82, 2.24) is 4.90 Å². The second-order valence-corrected chi connectivity index (χ2v) is 3.96. The third-order valence-electron chi connectivity index (χ3n) is 2.07. The molecule has 0 radical (unpaired) electrons. The molecule has 0 saturated carbocycles. The summed E-state index contributed by atoms with van der Waals surface area (Å²) >= 11 is 5.92. The number of benzene rings is 1. The van der Waals surface area contributed by atoms with Crippen molar-refractivity contribution < 1.29 is 4.79 Å². The Morgan fingerprint density at radius 2 is 2.19 bits per heavy atom. The molecule has 1 amide bonds. The van der Waals surface area contributed by atoms with Crippen molar-refractivity contribution in [3.05, 3.63) is 29.3 Å². The van der Waals surface area contributed by atoms with E-state index in [1.165, 1.54) is 0 Å². The van der Waals surface area contributed by atoms with Gasteiger partial charge in [0.2, 0.25) is 5.91 Å². The Balaban J connectivity index is 2.49. The lowest BCUT2D eigenvalue weighted by Crippen LogP contribution is -2.33.